The highest BCUT2D eigenvalue weighted by atomic mass is 16.6. The zero-order valence-electron chi connectivity index (χ0n) is 14.7. The van der Waals surface area contributed by atoms with Crippen molar-refractivity contribution in [3.05, 3.63) is 12.4 Å². The van der Waals surface area contributed by atoms with Crippen LogP contribution in [0.15, 0.2) is 12.4 Å². The molecule has 2 atom stereocenters. The van der Waals surface area contributed by atoms with Gasteiger partial charge in [0.25, 0.3) is 0 Å². The van der Waals surface area contributed by atoms with E-state index in [-0.39, 0.29) is 18.2 Å². The Hall–Kier alpha value is -1.76. The third kappa shape index (κ3) is 5.42. The molecule has 0 radical (unpaired) electrons. The first-order chi connectivity index (χ1) is 10.7. The Bertz CT molecular complexity index is 524. The van der Waals surface area contributed by atoms with Gasteiger partial charge in [0.05, 0.1) is 31.1 Å². The van der Waals surface area contributed by atoms with Gasteiger partial charge in [-0.05, 0) is 34.1 Å². The summed E-state index contributed by atoms with van der Waals surface area (Å²) in [7, 11) is 1.88. The van der Waals surface area contributed by atoms with Crippen molar-refractivity contribution in [2.24, 2.45) is 7.05 Å². The number of morpholine rings is 1. The topological polar surface area (TPSA) is 68.6 Å². The van der Waals surface area contributed by atoms with Crippen LogP contribution in [0.5, 0.6) is 0 Å². The molecule has 0 spiro atoms. The van der Waals surface area contributed by atoms with Crippen LogP contribution in [-0.4, -0.2) is 58.2 Å². The number of carbonyl (C=O) groups excluding carboxylic acids is 1. The number of nitrogens with zero attached hydrogens (tertiary/aromatic N) is 3. The normalized spacial score (nSPS) is 20.2. The smallest absolute Gasteiger partial charge is 0.410 e. The highest BCUT2D eigenvalue weighted by Crippen LogP contribution is 2.19. The van der Waals surface area contributed by atoms with Crippen molar-refractivity contribution in [3.63, 3.8) is 0 Å². The fraction of sp³-hybridized carbons (Fsp3) is 0.750. The van der Waals surface area contributed by atoms with Crippen LogP contribution in [0.2, 0.25) is 0 Å². The molecule has 1 aliphatic heterocycles. The monoisotopic (exact) mass is 324 g/mol. The summed E-state index contributed by atoms with van der Waals surface area (Å²) in [5.41, 5.74) is 0.486. The minimum atomic E-state index is -0.487. The van der Waals surface area contributed by atoms with E-state index in [0.717, 1.165) is 12.1 Å². The van der Waals surface area contributed by atoms with Crippen molar-refractivity contribution < 1.29 is 14.3 Å². The number of anilines is 1. The molecule has 1 saturated heterocycles. The highest BCUT2D eigenvalue weighted by Gasteiger charge is 2.31. The quantitative estimate of drug-likeness (QED) is 0.920. The van der Waals surface area contributed by atoms with Crippen molar-refractivity contribution in [2.75, 3.05) is 25.1 Å². The number of rotatable bonds is 4. The van der Waals surface area contributed by atoms with Crippen molar-refractivity contribution in [1.29, 1.82) is 0 Å². The first-order valence-corrected chi connectivity index (χ1v) is 8.07. The molecule has 1 amide bonds. The van der Waals surface area contributed by atoms with Crippen molar-refractivity contribution >= 4 is 11.8 Å². The Kier molecular flexibility index (Phi) is 5.51. The summed E-state index contributed by atoms with van der Waals surface area (Å²) in [5, 5.41) is 7.54. The average molecular weight is 324 g/mol. The summed E-state index contributed by atoms with van der Waals surface area (Å²) in [6.07, 6.45) is 4.24. The van der Waals surface area contributed by atoms with E-state index in [4.69, 9.17) is 9.47 Å². The van der Waals surface area contributed by atoms with Crippen LogP contribution < -0.4 is 5.32 Å². The van der Waals surface area contributed by atoms with Crippen LogP contribution in [0, 0.1) is 0 Å². The van der Waals surface area contributed by atoms with Gasteiger partial charge in [-0.2, -0.15) is 5.10 Å². The predicted molar refractivity (Wildman–Crippen MR) is 88.5 cm³/mol. The van der Waals surface area contributed by atoms with E-state index < -0.39 is 5.60 Å². The second kappa shape index (κ2) is 7.21. The zero-order valence-corrected chi connectivity index (χ0v) is 14.7. The third-order valence-corrected chi connectivity index (χ3v) is 3.60. The molecule has 1 fully saturated rings. The molecule has 1 N–H and O–H groups in total. The van der Waals surface area contributed by atoms with Gasteiger partial charge in [0, 0.05) is 25.8 Å². The van der Waals surface area contributed by atoms with Gasteiger partial charge in [0.15, 0.2) is 0 Å². The largest absolute Gasteiger partial charge is 0.444 e. The number of ether oxygens (including phenoxy) is 2. The summed E-state index contributed by atoms with van der Waals surface area (Å²) in [5.74, 6) is 0. The standard InChI is InChI=1S/C16H28N4O3/c1-12(18-13-9-17-19(5)10-13)8-14-11-22-7-6-20(14)15(21)23-16(2,3)4/h9-10,12,14,18H,6-8,11H2,1-5H3. The maximum atomic E-state index is 12.4. The predicted octanol–water partition coefficient (Wildman–Crippen LogP) is 2.25. The Morgan fingerprint density at radius 2 is 2.30 bits per heavy atom. The molecule has 1 aromatic heterocycles. The van der Waals surface area contributed by atoms with Gasteiger partial charge in [-0.1, -0.05) is 0 Å². The van der Waals surface area contributed by atoms with Crippen molar-refractivity contribution in [3.8, 4) is 0 Å². The Balaban J connectivity index is 1.93. The van der Waals surface area contributed by atoms with Gasteiger partial charge in [0.2, 0.25) is 0 Å². The molecule has 23 heavy (non-hydrogen) atoms. The highest BCUT2D eigenvalue weighted by molar-refractivity contribution is 5.68. The lowest BCUT2D eigenvalue weighted by Gasteiger charge is -2.37. The molecule has 2 rings (SSSR count). The minimum Gasteiger partial charge on any atom is -0.444 e. The van der Waals surface area contributed by atoms with Gasteiger partial charge in [-0.3, -0.25) is 4.68 Å². The number of nitrogens with one attached hydrogen (secondary N) is 1. The number of hydrogen-bond acceptors (Lipinski definition) is 5. The van der Waals surface area contributed by atoms with Crippen molar-refractivity contribution in [1.82, 2.24) is 14.7 Å². The zero-order chi connectivity index (χ0) is 17.0. The van der Waals surface area contributed by atoms with Gasteiger partial charge in [0.1, 0.15) is 5.60 Å². The molecule has 0 bridgehead atoms. The molecule has 130 valence electrons. The Morgan fingerprint density at radius 3 is 2.91 bits per heavy atom. The van der Waals surface area contributed by atoms with E-state index in [2.05, 4.69) is 17.3 Å². The molecule has 0 aliphatic carbocycles. The van der Waals surface area contributed by atoms with Crippen LogP contribution in [0.3, 0.4) is 0 Å². The summed E-state index contributed by atoms with van der Waals surface area (Å²) < 4.78 is 12.8. The molecular weight excluding hydrogens is 296 g/mol. The minimum absolute atomic E-state index is 0.0118. The van der Waals surface area contributed by atoms with Crippen LogP contribution in [-0.2, 0) is 16.5 Å². The number of aromatic nitrogens is 2. The molecule has 1 aromatic rings. The summed E-state index contributed by atoms with van der Waals surface area (Å²) in [4.78, 5) is 14.2. The number of amides is 1. The van der Waals surface area contributed by atoms with E-state index in [1.807, 2.05) is 34.0 Å². The van der Waals surface area contributed by atoms with E-state index in [1.54, 1.807) is 15.8 Å². The maximum absolute atomic E-state index is 12.4. The molecule has 7 nitrogen and oxygen atoms in total. The molecular formula is C16H28N4O3. The van der Waals surface area contributed by atoms with E-state index >= 15 is 0 Å². The first kappa shape index (κ1) is 17.6. The van der Waals surface area contributed by atoms with Crippen LogP contribution in [0.1, 0.15) is 34.1 Å². The molecule has 2 unspecified atom stereocenters. The lowest BCUT2D eigenvalue weighted by molar-refractivity contribution is -0.0345. The lowest BCUT2D eigenvalue weighted by Crippen LogP contribution is -2.51. The molecule has 1 aliphatic rings. The van der Waals surface area contributed by atoms with Gasteiger partial charge >= 0.3 is 6.09 Å². The number of aryl methyl sites for hydroxylation is 1. The second-order valence-electron chi connectivity index (χ2n) is 7.09. The molecule has 7 heteroatoms. The Morgan fingerprint density at radius 1 is 1.57 bits per heavy atom. The summed E-state index contributed by atoms with van der Waals surface area (Å²) >= 11 is 0. The molecule has 0 saturated carbocycles. The maximum Gasteiger partial charge on any atom is 0.410 e. The number of hydrogen-bond donors (Lipinski definition) is 1. The second-order valence-corrected chi connectivity index (χ2v) is 7.09. The third-order valence-electron chi connectivity index (χ3n) is 3.60. The SMILES string of the molecule is CC(CC1COCCN1C(=O)OC(C)(C)C)Nc1cnn(C)c1. The number of carbonyl (C=O) groups is 1. The fourth-order valence-electron chi connectivity index (χ4n) is 2.66. The summed E-state index contributed by atoms with van der Waals surface area (Å²) in [6.45, 7) is 9.40. The van der Waals surface area contributed by atoms with E-state index in [0.29, 0.717) is 19.8 Å². The van der Waals surface area contributed by atoms with E-state index in [1.165, 1.54) is 0 Å². The van der Waals surface area contributed by atoms with Gasteiger partial charge in [-0.25, -0.2) is 4.79 Å². The lowest BCUT2D eigenvalue weighted by atomic mass is 10.1. The van der Waals surface area contributed by atoms with Crippen LogP contribution in [0.4, 0.5) is 10.5 Å². The molecule has 2 heterocycles. The first-order valence-electron chi connectivity index (χ1n) is 8.07. The van der Waals surface area contributed by atoms with Gasteiger partial charge < -0.3 is 19.7 Å². The van der Waals surface area contributed by atoms with Crippen LogP contribution >= 0.6 is 0 Å². The fourth-order valence-corrected chi connectivity index (χ4v) is 2.66. The van der Waals surface area contributed by atoms with E-state index in [9.17, 15) is 4.79 Å². The summed E-state index contributed by atoms with van der Waals surface area (Å²) in [6, 6.07) is 0.202. The van der Waals surface area contributed by atoms with Gasteiger partial charge in [-0.15, -0.1) is 0 Å². The van der Waals surface area contributed by atoms with Crippen molar-refractivity contribution in [2.45, 2.75) is 51.8 Å². The Labute approximate surface area is 137 Å². The average Bonchev–Trinajstić information content (AvgIpc) is 2.82. The van der Waals surface area contributed by atoms with Crippen LogP contribution in [0.25, 0.3) is 0 Å². The molecule has 0 aromatic carbocycles.